The van der Waals surface area contributed by atoms with Crippen LogP contribution in [-0.2, 0) is 9.59 Å². The highest BCUT2D eigenvalue weighted by Gasteiger charge is 2.41. The van der Waals surface area contributed by atoms with Gasteiger partial charge in [-0.2, -0.15) is 0 Å². The first-order valence-corrected chi connectivity index (χ1v) is 10.4. The van der Waals surface area contributed by atoms with E-state index in [-0.39, 0.29) is 11.3 Å². The van der Waals surface area contributed by atoms with Crippen LogP contribution in [0.3, 0.4) is 0 Å². The van der Waals surface area contributed by atoms with Gasteiger partial charge in [-0.25, -0.2) is 4.90 Å². The third-order valence-electron chi connectivity index (χ3n) is 5.46. The van der Waals surface area contributed by atoms with Crippen LogP contribution in [0.1, 0.15) is 5.56 Å². The average molecular weight is 460 g/mol. The van der Waals surface area contributed by atoms with Crippen molar-refractivity contribution in [1.82, 2.24) is 0 Å². The summed E-state index contributed by atoms with van der Waals surface area (Å²) in [5, 5.41) is 3.12. The fourth-order valence-corrected chi connectivity index (χ4v) is 3.76. The fraction of sp³-hybridized carbons (Fsp3) is 0.154. The van der Waals surface area contributed by atoms with Crippen molar-refractivity contribution in [2.45, 2.75) is 0 Å². The maximum atomic E-state index is 13.7. The molecule has 0 saturated carbocycles. The molecular weight excluding hydrogens is 436 g/mol. The Hall–Kier alpha value is -4.46. The highest BCUT2D eigenvalue weighted by Crippen LogP contribution is 2.39. The Morgan fingerprint density at radius 2 is 1.32 bits per heavy atom. The number of anilines is 2. The Balaban J connectivity index is 1.87. The van der Waals surface area contributed by atoms with Gasteiger partial charge in [-0.15, -0.1) is 0 Å². The quantitative estimate of drug-likeness (QED) is 0.506. The van der Waals surface area contributed by atoms with Crippen molar-refractivity contribution < 1.29 is 28.5 Å². The van der Waals surface area contributed by atoms with Crippen LogP contribution in [-0.4, -0.2) is 40.3 Å². The normalized spacial score (nSPS) is 13.2. The summed E-state index contributed by atoms with van der Waals surface area (Å²) in [6.45, 7) is 0. The number of nitrogens with zero attached hydrogens (tertiary/aromatic N) is 1. The summed E-state index contributed by atoms with van der Waals surface area (Å²) in [4.78, 5) is 28.5. The van der Waals surface area contributed by atoms with Gasteiger partial charge < -0.3 is 24.3 Å². The molecule has 0 bridgehead atoms. The van der Waals surface area contributed by atoms with Gasteiger partial charge in [-0.05, 0) is 42.5 Å². The lowest BCUT2D eigenvalue weighted by atomic mass is 10.0. The minimum Gasteiger partial charge on any atom is -0.497 e. The number of carbonyl (C=O) groups is 2. The van der Waals surface area contributed by atoms with E-state index in [1.165, 1.54) is 14.2 Å². The molecule has 1 aliphatic rings. The lowest BCUT2D eigenvalue weighted by molar-refractivity contribution is -0.120. The van der Waals surface area contributed by atoms with Gasteiger partial charge in [0.15, 0.2) is 0 Å². The predicted octanol–water partition coefficient (Wildman–Crippen LogP) is 4.12. The molecule has 1 aliphatic heterocycles. The lowest BCUT2D eigenvalue weighted by Gasteiger charge is -2.16. The van der Waals surface area contributed by atoms with Crippen LogP contribution < -0.4 is 29.2 Å². The Kier molecular flexibility index (Phi) is 6.40. The number of imide groups is 1. The van der Waals surface area contributed by atoms with E-state index < -0.39 is 11.8 Å². The van der Waals surface area contributed by atoms with Crippen LogP contribution in [0.15, 0.2) is 72.4 Å². The van der Waals surface area contributed by atoms with E-state index in [9.17, 15) is 9.59 Å². The van der Waals surface area contributed by atoms with Crippen molar-refractivity contribution in [3.05, 3.63) is 78.0 Å². The summed E-state index contributed by atoms with van der Waals surface area (Å²) in [6, 6.07) is 18.9. The molecule has 0 aromatic heterocycles. The first-order valence-electron chi connectivity index (χ1n) is 10.4. The van der Waals surface area contributed by atoms with Crippen LogP contribution in [0.5, 0.6) is 23.0 Å². The molecule has 34 heavy (non-hydrogen) atoms. The van der Waals surface area contributed by atoms with Crippen LogP contribution in [0.2, 0.25) is 0 Å². The van der Waals surface area contributed by atoms with Gasteiger partial charge in [0.25, 0.3) is 11.8 Å². The smallest absolute Gasteiger partial charge is 0.282 e. The number of rotatable bonds is 8. The molecule has 0 saturated heterocycles. The van der Waals surface area contributed by atoms with Crippen molar-refractivity contribution >= 4 is 28.8 Å². The van der Waals surface area contributed by atoms with Crippen molar-refractivity contribution in [2.24, 2.45) is 0 Å². The molecule has 4 rings (SSSR count). The van der Waals surface area contributed by atoms with E-state index in [0.717, 1.165) is 4.90 Å². The van der Waals surface area contributed by atoms with Crippen molar-refractivity contribution in [1.29, 1.82) is 0 Å². The van der Waals surface area contributed by atoms with Gasteiger partial charge in [-0.3, -0.25) is 9.59 Å². The lowest BCUT2D eigenvalue weighted by Crippen LogP contribution is -2.32. The largest absolute Gasteiger partial charge is 0.497 e. The van der Waals surface area contributed by atoms with Crippen molar-refractivity contribution in [3.63, 3.8) is 0 Å². The molecule has 174 valence electrons. The zero-order valence-electron chi connectivity index (χ0n) is 19.2. The third kappa shape index (κ3) is 4.01. The minimum absolute atomic E-state index is 0.0943. The summed E-state index contributed by atoms with van der Waals surface area (Å²) in [7, 11) is 6.13. The zero-order valence-corrected chi connectivity index (χ0v) is 19.2. The SMILES string of the molecule is COc1ccc(N2C(=O)C(Nc3cc(OC)ccc3OC)=C(c3ccccc3OC)C2=O)cc1. The predicted molar refractivity (Wildman–Crippen MR) is 129 cm³/mol. The van der Waals surface area contributed by atoms with E-state index in [1.54, 1.807) is 80.9 Å². The highest BCUT2D eigenvalue weighted by molar-refractivity contribution is 6.46. The maximum Gasteiger partial charge on any atom is 0.282 e. The Labute approximate surface area is 197 Å². The standard InChI is InChI=1S/C26H24N2O6/c1-31-17-11-9-16(10-12-17)28-25(29)23(19-7-5-6-8-21(19)33-3)24(26(28)30)27-20-15-18(32-2)13-14-22(20)34-4/h5-15,27H,1-4H3. The number of hydrogen-bond acceptors (Lipinski definition) is 7. The van der Waals surface area contributed by atoms with E-state index in [0.29, 0.717) is 39.9 Å². The maximum absolute atomic E-state index is 13.7. The number of ether oxygens (including phenoxy) is 4. The molecule has 0 aliphatic carbocycles. The van der Waals surface area contributed by atoms with Gasteiger partial charge in [0.05, 0.1) is 45.4 Å². The number of amides is 2. The summed E-state index contributed by atoms with van der Waals surface area (Å²) < 4.78 is 21.5. The van der Waals surface area contributed by atoms with Crippen LogP contribution in [0.4, 0.5) is 11.4 Å². The highest BCUT2D eigenvalue weighted by atomic mass is 16.5. The number of benzene rings is 3. The molecular formula is C26H24N2O6. The Morgan fingerprint density at radius 3 is 1.97 bits per heavy atom. The van der Waals surface area contributed by atoms with Gasteiger partial charge in [0.2, 0.25) is 0 Å². The summed E-state index contributed by atoms with van der Waals surface area (Å²) >= 11 is 0. The zero-order chi connectivity index (χ0) is 24.2. The summed E-state index contributed by atoms with van der Waals surface area (Å²) in [5.41, 5.74) is 1.66. The number of hydrogen-bond donors (Lipinski definition) is 1. The molecule has 3 aromatic carbocycles. The van der Waals surface area contributed by atoms with E-state index in [1.807, 2.05) is 0 Å². The molecule has 0 fully saturated rings. The van der Waals surface area contributed by atoms with Crippen LogP contribution in [0.25, 0.3) is 5.57 Å². The van der Waals surface area contributed by atoms with Crippen LogP contribution >= 0.6 is 0 Å². The molecule has 2 amide bonds. The molecule has 1 N–H and O–H groups in total. The number of nitrogens with one attached hydrogen (secondary N) is 1. The molecule has 0 radical (unpaired) electrons. The first kappa shape index (κ1) is 22.7. The molecule has 0 spiro atoms. The third-order valence-corrected chi connectivity index (χ3v) is 5.46. The Bertz CT molecular complexity index is 1270. The molecule has 8 nitrogen and oxygen atoms in total. The number of para-hydroxylation sites is 1. The van der Waals surface area contributed by atoms with Gasteiger partial charge in [0, 0.05) is 11.6 Å². The average Bonchev–Trinajstić information content (AvgIpc) is 3.12. The van der Waals surface area contributed by atoms with Gasteiger partial charge >= 0.3 is 0 Å². The van der Waals surface area contributed by atoms with E-state index in [4.69, 9.17) is 18.9 Å². The number of carbonyl (C=O) groups excluding carboxylic acids is 2. The van der Waals surface area contributed by atoms with Crippen LogP contribution in [0, 0.1) is 0 Å². The van der Waals surface area contributed by atoms with Gasteiger partial charge in [-0.1, -0.05) is 18.2 Å². The first-order chi connectivity index (χ1) is 16.5. The molecule has 8 heteroatoms. The fourth-order valence-electron chi connectivity index (χ4n) is 3.76. The molecule has 0 atom stereocenters. The van der Waals surface area contributed by atoms with Crippen molar-refractivity contribution in [2.75, 3.05) is 38.7 Å². The molecule has 0 unspecified atom stereocenters. The number of methoxy groups -OCH3 is 4. The van der Waals surface area contributed by atoms with Crippen molar-refractivity contribution in [3.8, 4) is 23.0 Å². The molecule has 3 aromatic rings. The van der Waals surface area contributed by atoms with Gasteiger partial charge in [0.1, 0.15) is 28.7 Å². The topological polar surface area (TPSA) is 86.3 Å². The Morgan fingerprint density at radius 1 is 0.676 bits per heavy atom. The summed E-state index contributed by atoms with van der Waals surface area (Å²) in [5.74, 6) is 1.12. The van der Waals surface area contributed by atoms with E-state index >= 15 is 0 Å². The second-order valence-electron chi connectivity index (χ2n) is 7.29. The monoisotopic (exact) mass is 460 g/mol. The second kappa shape index (κ2) is 9.58. The van der Waals surface area contributed by atoms with E-state index in [2.05, 4.69) is 5.32 Å². The molecule has 1 heterocycles. The minimum atomic E-state index is -0.513. The second-order valence-corrected chi connectivity index (χ2v) is 7.29. The summed E-state index contributed by atoms with van der Waals surface area (Å²) in [6.07, 6.45) is 0.